The number of nitrogens with zero attached hydrogens (tertiary/aromatic N) is 5. The standard InChI is InChI=1S/C27H33N7O3S.ClH/c28-26-25(27(35)31-22-16-20(17-29-18-22)6-5-13-33-11-1-2-12-33)32-24(19-30-26)21-7-9-23(10-8-21)38(36,37)34-14-3-4-15-34;/h7-10,16-19H,1-6,11-15H2,(H2,28,30)(H,31,35);1H. The number of carbonyl (C=O) groups excluding carboxylic acids is 1. The van der Waals surface area contributed by atoms with Gasteiger partial charge < -0.3 is 16.0 Å². The van der Waals surface area contributed by atoms with E-state index in [2.05, 4.69) is 25.2 Å². The molecule has 0 bridgehead atoms. The van der Waals surface area contributed by atoms with E-state index in [1.54, 1.807) is 30.5 Å². The number of aromatic nitrogens is 3. The third kappa shape index (κ3) is 6.91. The Labute approximate surface area is 235 Å². The number of nitrogen functional groups attached to an aromatic ring is 1. The molecular formula is C27H34ClN7O3S. The van der Waals surface area contributed by atoms with Crippen LogP contribution in [0.5, 0.6) is 0 Å². The number of carbonyl (C=O) groups is 1. The number of anilines is 2. The molecule has 4 heterocycles. The number of likely N-dealkylation sites (tertiary alicyclic amines) is 1. The predicted molar refractivity (Wildman–Crippen MR) is 153 cm³/mol. The van der Waals surface area contributed by atoms with Gasteiger partial charge in [-0.1, -0.05) is 12.1 Å². The van der Waals surface area contributed by atoms with E-state index in [-0.39, 0.29) is 28.8 Å². The van der Waals surface area contributed by atoms with Crippen LogP contribution in [0.3, 0.4) is 0 Å². The zero-order chi connectivity index (χ0) is 26.5. The van der Waals surface area contributed by atoms with Crippen molar-refractivity contribution >= 4 is 39.8 Å². The molecule has 0 atom stereocenters. The molecule has 2 fully saturated rings. The van der Waals surface area contributed by atoms with Gasteiger partial charge in [0.25, 0.3) is 5.91 Å². The van der Waals surface area contributed by atoms with Crippen LogP contribution < -0.4 is 11.1 Å². The summed E-state index contributed by atoms with van der Waals surface area (Å²) in [6.45, 7) is 4.52. The lowest BCUT2D eigenvalue weighted by atomic mass is 10.1. The number of nitrogens with two attached hydrogens (primary N) is 1. The summed E-state index contributed by atoms with van der Waals surface area (Å²) >= 11 is 0. The lowest BCUT2D eigenvalue weighted by Crippen LogP contribution is -2.27. The smallest absolute Gasteiger partial charge is 0.278 e. The summed E-state index contributed by atoms with van der Waals surface area (Å²) in [5.74, 6) is -0.477. The zero-order valence-corrected chi connectivity index (χ0v) is 23.4. The fourth-order valence-electron chi connectivity index (χ4n) is 4.98. The van der Waals surface area contributed by atoms with E-state index in [0.717, 1.165) is 37.8 Å². The quantitative estimate of drug-likeness (QED) is 0.398. The molecule has 208 valence electrons. The van der Waals surface area contributed by atoms with E-state index < -0.39 is 15.9 Å². The highest BCUT2D eigenvalue weighted by atomic mass is 35.5. The molecule has 1 amide bonds. The Hall–Kier alpha value is -3.12. The van der Waals surface area contributed by atoms with Crippen LogP contribution in [0.25, 0.3) is 11.3 Å². The van der Waals surface area contributed by atoms with Crippen LogP contribution in [-0.2, 0) is 16.4 Å². The van der Waals surface area contributed by atoms with Crippen molar-refractivity contribution in [2.75, 3.05) is 43.8 Å². The monoisotopic (exact) mass is 571 g/mol. The average molecular weight is 572 g/mol. The maximum absolute atomic E-state index is 13.0. The summed E-state index contributed by atoms with van der Waals surface area (Å²) in [4.78, 5) is 28.6. The van der Waals surface area contributed by atoms with E-state index >= 15 is 0 Å². The van der Waals surface area contributed by atoms with Gasteiger partial charge in [0.15, 0.2) is 11.5 Å². The molecule has 3 N–H and O–H groups in total. The number of amides is 1. The van der Waals surface area contributed by atoms with Crippen LogP contribution in [0.4, 0.5) is 11.5 Å². The summed E-state index contributed by atoms with van der Waals surface area (Å²) in [6, 6.07) is 8.37. The van der Waals surface area contributed by atoms with Crippen molar-refractivity contribution in [3.05, 3.63) is 60.2 Å². The van der Waals surface area contributed by atoms with Gasteiger partial charge in [0, 0.05) is 24.8 Å². The molecule has 10 nitrogen and oxygen atoms in total. The molecule has 12 heteroatoms. The molecular weight excluding hydrogens is 538 g/mol. The molecule has 2 aromatic heterocycles. The summed E-state index contributed by atoms with van der Waals surface area (Å²) in [5, 5.41) is 2.83. The average Bonchev–Trinajstić information content (AvgIpc) is 3.65. The first-order valence-corrected chi connectivity index (χ1v) is 14.5. The number of nitrogens with one attached hydrogen (secondary N) is 1. The minimum Gasteiger partial charge on any atom is -0.382 e. The summed E-state index contributed by atoms with van der Waals surface area (Å²) < 4.78 is 27.1. The molecule has 0 radical (unpaired) electrons. The van der Waals surface area contributed by atoms with E-state index in [9.17, 15) is 13.2 Å². The lowest BCUT2D eigenvalue weighted by molar-refractivity contribution is 0.102. The molecule has 2 aliphatic rings. The molecule has 2 saturated heterocycles. The number of halogens is 1. The molecule has 39 heavy (non-hydrogen) atoms. The normalized spacial score (nSPS) is 16.2. The van der Waals surface area contributed by atoms with Gasteiger partial charge >= 0.3 is 0 Å². The van der Waals surface area contributed by atoms with Crippen molar-refractivity contribution < 1.29 is 13.2 Å². The molecule has 0 spiro atoms. The van der Waals surface area contributed by atoms with E-state index in [0.29, 0.717) is 30.0 Å². The van der Waals surface area contributed by atoms with E-state index in [4.69, 9.17) is 5.73 Å². The van der Waals surface area contributed by atoms with Crippen LogP contribution in [-0.4, -0.2) is 71.2 Å². The third-order valence-corrected chi connectivity index (χ3v) is 8.97. The van der Waals surface area contributed by atoms with Gasteiger partial charge in [-0.3, -0.25) is 9.78 Å². The zero-order valence-electron chi connectivity index (χ0n) is 21.8. The lowest BCUT2D eigenvalue weighted by Gasteiger charge is -2.15. The van der Waals surface area contributed by atoms with Gasteiger partial charge in [-0.2, -0.15) is 4.31 Å². The topological polar surface area (TPSA) is 134 Å². The second-order valence-corrected chi connectivity index (χ2v) is 11.8. The molecule has 0 unspecified atom stereocenters. The number of sulfonamides is 1. The van der Waals surface area contributed by atoms with Crippen molar-refractivity contribution in [1.29, 1.82) is 0 Å². The molecule has 0 aliphatic carbocycles. The number of aryl methyl sites for hydroxylation is 1. The number of pyridine rings is 1. The Morgan fingerprint density at radius 3 is 2.38 bits per heavy atom. The summed E-state index contributed by atoms with van der Waals surface area (Å²) in [6.07, 6.45) is 11.1. The van der Waals surface area contributed by atoms with Crippen LogP contribution in [0, 0.1) is 0 Å². The number of hydrogen-bond acceptors (Lipinski definition) is 8. The van der Waals surface area contributed by atoms with Crippen LogP contribution in [0.1, 0.15) is 48.2 Å². The predicted octanol–water partition coefficient (Wildman–Crippen LogP) is 3.61. The Kier molecular flexibility index (Phi) is 9.49. The van der Waals surface area contributed by atoms with Crippen LogP contribution in [0.15, 0.2) is 53.8 Å². The minimum absolute atomic E-state index is 0. The first kappa shape index (κ1) is 28.9. The van der Waals surface area contributed by atoms with Crippen molar-refractivity contribution in [2.24, 2.45) is 0 Å². The Morgan fingerprint density at radius 2 is 1.67 bits per heavy atom. The van der Waals surface area contributed by atoms with Crippen molar-refractivity contribution in [1.82, 2.24) is 24.2 Å². The fourth-order valence-corrected chi connectivity index (χ4v) is 6.49. The Balaban J connectivity index is 0.00000353. The minimum atomic E-state index is -3.51. The summed E-state index contributed by atoms with van der Waals surface area (Å²) in [7, 11) is -3.51. The van der Waals surface area contributed by atoms with Crippen molar-refractivity contribution in [3.63, 3.8) is 0 Å². The van der Waals surface area contributed by atoms with E-state index in [1.165, 1.54) is 36.4 Å². The maximum atomic E-state index is 13.0. The fraction of sp³-hybridized carbons (Fsp3) is 0.407. The molecule has 5 rings (SSSR count). The Bertz CT molecular complexity index is 1390. The highest BCUT2D eigenvalue weighted by Crippen LogP contribution is 2.25. The maximum Gasteiger partial charge on any atom is 0.278 e. The largest absolute Gasteiger partial charge is 0.382 e. The third-order valence-electron chi connectivity index (χ3n) is 7.06. The van der Waals surface area contributed by atoms with Gasteiger partial charge in [0.2, 0.25) is 10.0 Å². The second-order valence-electron chi connectivity index (χ2n) is 9.81. The van der Waals surface area contributed by atoms with Crippen molar-refractivity contribution in [3.8, 4) is 11.3 Å². The van der Waals surface area contributed by atoms with Crippen LogP contribution >= 0.6 is 12.4 Å². The van der Waals surface area contributed by atoms with Crippen molar-refractivity contribution in [2.45, 2.75) is 43.4 Å². The van der Waals surface area contributed by atoms with E-state index in [1.807, 2.05) is 12.3 Å². The summed E-state index contributed by atoms with van der Waals surface area (Å²) in [5.41, 5.74) is 8.66. The highest BCUT2D eigenvalue weighted by Gasteiger charge is 2.27. The van der Waals surface area contributed by atoms with Gasteiger partial charge in [0.05, 0.1) is 28.7 Å². The van der Waals surface area contributed by atoms with Gasteiger partial charge in [-0.25, -0.2) is 18.4 Å². The van der Waals surface area contributed by atoms with Gasteiger partial charge in [-0.05, 0) is 81.9 Å². The van der Waals surface area contributed by atoms with Gasteiger partial charge in [-0.15, -0.1) is 12.4 Å². The Morgan fingerprint density at radius 1 is 0.974 bits per heavy atom. The molecule has 3 aromatic rings. The highest BCUT2D eigenvalue weighted by molar-refractivity contribution is 7.89. The first-order chi connectivity index (χ1) is 18.4. The SMILES string of the molecule is Cl.Nc1ncc(-c2ccc(S(=O)(=O)N3CCCC3)cc2)nc1C(=O)Nc1cncc(CCCN2CCCC2)c1. The molecule has 0 saturated carbocycles. The van der Waals surface area contributed by atoms with Gasteiger partial charge in [0.1, 0.15) is 0 Å². The number of hydrogen-bond donors (Lipinski definition) is 2. The number of benzene rings is 1. The number of rotatable bonds is 9. The second kappa shape index (κ2) is 12.8. The molecule has 2 aliphatic heterocycles. The first-order valence-electron chi connectivity index (χ1n) is 13.1. The molecule has 1 aromatic carbocycles. The van der Waals surface area contributed by atoms with Crippen LogP contribution in [0.2, 0.25) is 0 Å².